The molecule has 4 heterocycles. The number of fused-ring (bicyclic) bond motifs is 1. The van der Waals surface area contributed by atoms with Gasteiger partial charge in [0.15, 0.2) is 5.69 Å². The van der Waals surface area contributed by atoms with Gasteiger partial charge in [-0.3, -0.25) is 19.3 Å². The predicted octanol–water partition coefficient (Wildman–Crippen LogP) is 1.82. The highest BCUT2D eigenvalue weighted by Gasteiger charge is 2.30. The number of nitrogens with zero attached hydrogens (tertiary/aromatic N) is 5. The van der Waals surface area contributed by atoms with Gasteiger partial charge in [-0.25, -0.2) is 0 Å². The Morgan fingerprint density at radius 1 is 1.18 bits per heavy atom. The van der Waals surface area contributed by atoms with Gasteiger partial charge in [-0.2, -0.15) is 5.10 Å². The van der Waals surface area contributed by atoms with Crippen LogP contribution in [-0.4, -0.2) is 88.4 Å². The topological polar surface area (TPSA) is 53.8 Å². The molecule has 0 N–H and O–H groups in total. The highest BCUT2D eigenvalue weighted by atomic mass is 16.5. The van der Waals surface area contributed by atoms with E-state index in [4.69, 9.17) is 4.74 Å². The molecule has 0 saturated carbocycles. The van der Waals surface area contributed by atoms with Crippen molar-refractivity contribution in [2.75, 3.05) is 45.9 Å². The van der Waals surface area contributed by atoms with E-state index in [9.17, 15) is 4.79 Å². The SMILES string of the molecule is CC(C)N1CCn2nc(C(=O)N3CCCC[C@H]3CCN3CCOCC3)cc2C1. The van der Waals surface area contributed by atoms with Crippen molar-refractivity contribution in [1.82, 2.24) is 24.5 Å². The summed E-state index contributed by atoms with van der Waals surface area (Å²) in [7, 11) is 0. The van der Waals surface area contributed by atoms with E-state index in [1.54, 1.807) is 0 Å². The second-order valence-electron chi connectivity index (χ2n) is 8.70. The number of aromatic nitrogens is 2. The number of rotatable bonds is 5. The molecule has 7 heteroatoms. The Kier molecular flexibility index (Phi) is 6.33. The number of piperidine rings is 1. The molecule has 7 nitrogen and oxygen atoms in total. The average molecular weight is 390 g/mol. The summed E-state index contributed by atoms with van der Waals surface area (Å²) in [5.41, 5.74) is 1.81. The molecule has 1 aromatic rings. The normalized spacial score (nSPS) is 24.5. The molecule has 156 valence electrons. The highest BCUT2D eigenvalue weighted by Crippen LogP contribution is 2.24. The quantitative estimate of drug-likeness (QED) is 0.769. The third-order valence-corrected chi connectivity index (χ3v) is 6.55. The summed E-state index contributed by atoms with van der Waals surface area (Å²) in [5, 5.41) is 4.68. The van der Waals surface area contributed by atoms with Crippen LogP contribution < -0.4 is 0 Å². The van der Waals surface area contributed by atoms with Crippen LogP contribution in [0.4, 0.5) is 0 Å². The molecule has 0 unspecified atom stereocenters. The summed E-state index contributed by atoms with van der Waals surface area (Å²) < 4.78 is 7.49. The molecule has 0 bridgehead atoms. The van der Waals surface area contributed by atoms with Crippen molar-refractivity contribution in [2.45, 2.75) is 64.7 Å². The molecule has 0 spiro atoms. The van der Waals surface area contributed by atoms with Gasteiger partial charge in [0.2, 0.25) is 0 Å². The Labute approximate surface area is 168 Å². The monoisotopic (exact) mass is 389 g/mol. The molecule has 3 aliphatic heterocycles. The van der Waals surface area contributed by atoms with Crippen molar-refractivity contribution in [1.29, 1.82) is 0 Å². The minimum absolute atomic E-state index is 0.129. The fraction of sp³-hybridized carbons (Fsp3) is 0.810. The van der Waals surface area contributed by atoms with Gasteiger partial charge in [-0.05, 0) is 45.6 Å². The van der Waals surface area contributed by atoms with E-state index >= 15 is 0 Å². The van der Waals surface area contributed by atoms with Gasteiger partial charge in [-0.1, -0.05) is 0 Å². The van der Waals surface area contributed by atoms with Crippen molar-refractivity contribution >= 4 is 5.91 Å². The lowest BCUT2D eigenvalue weighted by atomic mass is 9.98. The number of hydrogen-bond acceptors (Lipinski definition) is 5. The number of carbonyl (C=O) groups excluding carboxylic acids is 1. The van der Waals surface area contributed by atoms with E-state index in [2.05, 4.69) is 33.6 Å². The smallest absolute Gasteiger partial charge is 0.274 e. The lowest BCUT2D eigenvalue weighted by Crippen LogP contribution is -2.46. The molecule has 0 aliphatic carbocycles. The van der Waals surface area contributed by atoms with Crippen LogP contribution in [0.2, 0.25) is 0 Å². The largest absolute Gasteiger partial charge is 0.379 e. The fourth-order valence-electron chi connectivity index (χ4n) is 4.70. The standard InChI is InChI=1S/C21H35N5O2/c1-17(2)24-9-10-26-19(16-24)15-20(22-26)21(27)25-7-4-3-5-18(25)6-8-23-11-13-28-14-12-23/h15,17-18H,3-14,16H2,1-2H3/t18-/m0/s1. The Balaban J connectivity index is 1.41. The van der Waals surface area contributed by atoms with Crippen molar-refractivity contribution in [3.8, 4) is 0 Å². The van der Waals surface area contributed by atoms with Crippen LogP contribution in [0, 0.1) is 0 Å². The van der Waals surface area contributed by atoms with E-state index in [1.807, 2.05) is 10.7 Å². The zero-order valence-electron chi connectivity index (χ0n) is 17.5. The summed E-state index contributed by atoms with van der Waals surface area (Å²) >= 11 is 0. The summed E-state index contributed by atoms with van der Waals surface area (Å²) in [6.07, 6.45) is 4.50. The maximum absolute atomic E-state index is 13.3. The molecule has 1 aromatic heterocycles. The lowest BCUT2D eigenvalue weighted by molar-refractivity contribution is 0.0294. The molecule has 3 aliphatic rings. The minimum atomic E-state index is 0.129. The van der Waals surface area contributed by atoms with E-state index in [0.717, 1.165) is 78.3 Å². The number of hydrogen-bond donors (Lipinski definition) is 0. The van der Waals surface area contributed by atoms with Gasteiger partial charge in [0, 0.05) is 51.4 Å². The summed E-state index contributed by atoms with van der Waals surface area (Å²) in [6.45, 7) is 12.8. The van der Waals surface area contributed by atoms with Crippen LogP contribution in [-0.2, 0) is 17.8 Å². The third kappa shape index (κ3) is 4.42. The van der Waals surface area contributed by atoms with E-state index in [1.165, 1.54) is 12.1 Å². The minimum Gasteiger partial charge on any atom is -0.379 e. The number of amides is 1. The Hall–Kier alpha value is -1.44. The third-order valence-electron chi connectivity index (χ3n) is 6.55. The summed E-state index contributed by atoms with van der Waals surface area (Å²) in [4.78, 5) is 20.3. The number of morpholine rings is 1. The zero-order chi connectivity index (χ0) is 19.5. The number of likely N-dealkylation sites (tertiary alicyclic amines) is 1. The molecule has 4 rings (SSSR count). The van der Waals surface area contributed by atoms with Crippen LogP contribution in [0.3, 0.4) is 0 Å². The van der Waals surface area contributed by atoms with Crippen LogP contribution in [0.25, 0.3) is 0 Å². The Bertz CT molecular complexity index is 668. The second kappa shape index (κ2) is 8.93. The highest BCUT2D eigenvalue weighted by molar-refractivity contribution is 5.92. The molecule has 1 atom stereocenters. The maximum atomic E-state index is 13.3. The molecule has 0 aromatic carbocycles. The molecule has 1 amide bonds. The van der Waals surface area contributed by atoms with Crippen molar-refractivity contribution in [3.05, 3.63) is 17.5 Å². The maximum Gasteiger partial charge on any atom is 0.274 e. The number of ether oxygens (including phenoxy) is 1. The van der Waals surface area contributed by atoms with Gasteiger partial charge in [0.25, 0.3) is 5.91 Å². The molecular weight excluding hydrogens is 354 g/mol. The van der Waals surface area contributed by atoms with Crippen LogP contribution in [0.5, 0.6) is 0 Å². The van der Waals surface area contributed by atoms with E-state index < -0.39 is 0 Å². The fourth-order valence-corrected chi connectivity index (χ4v) is 4.70. The van der Waals surface area contributed by atoms with Crippen LogP contribution >= 0.6 is 0 Å². The first-order valence-corrected chi connectivity index (χ1v) is 11.0. The molecule has 2 fully saturated rings. The van der Waals surface area contributed by atoms with Gasteiger partial charge in [0.05, 0.1) is 25.5 Å². The van der Waals surface area contributed by atoms with Crippen molar-refractivity contribution < 1.29 is 9.53 Å². The molecule has 2 saturated heterocycles. The van der Waals surface area contributed by atoms with Crippen LogP contribution in [0.1, 0.15) is 55.7 Å². The Morgan fingerprint density at radius 2 is 2.00 bits per heavy atom. The van der Waals surface area contributed by atoms with Gasteiger partial charge in [0.1, 0.15) is 0 Å². The number of carbonyl (C=O) groups is 1. The van der Waals surface area contributed by atoms with Gasteiger partial charge >= 0.3 is 0 Å². The van der Waals surface area contributed by atoms with Gasteiger partial charge < -0.3 is 9.64 Å². The van der Waals surface area contributed by atoms with Gasteiger partial charge in [-0.15, -0.1) is 0 Å². The lowest BCUT2D eigenvalue weighted by Gasteiger charge is -2.37. The first-order chi connectivity index (χ1) is 13.6. The first kappa shape index (κ1) is 19.9. The first-order valence-electron chi connectivity index (χ1n) is 11.0. The van der Waals surface area contributed by atoms with E-state index in [0.29, 0.717) is 17.8 Å². The van der Waals surface area contributed by atoms with Crippen LogP contribution in [0.15, 0.2) is 6.07 Å². The van der Waals surface area contributed by atoms with Crippen molar-refractivity contribution in [3.63, 3.8) is 0 Å². The summed E-state index contributed by atoms with van der Waals surface area (Å²) in [6, 6.07) is 2.90. The van der Waals surface area contributed by atoms with Crippen molar-refractivity contribution in [2.24, 2.45) is 0 Å². The zero-order valence-corrected chi connectivity index (χ0v) is 17.5. The average Bonchev–Trinajstić information content (AvgIpc) is 3.16. The summed E-state index contributed by atoms with van der Waals surface area (Å²) in [5.74, 6) is 0.129. The molecule has 0 radical (unpaired) electrons. The second-order valence-corrected chi connectivity index (χ2v) is 8.70. The Morgan fingerprint density at radius 3 is 2.79 bits per heavy atom. The molecular formula is C21H35N5O2. The van der Waals surface area contributed by atoms with E-state index in [-0.39, 0.29) is 5.91 Å². The molecule has 28 heavy (non-hydrogen) atoms. The predicted molar refractivity (Wildman–Crippen MR) is 108 cm³/mol.